The van der Waals surface area contributed by atoms with Gasteiger partial charge in [-0.2, -0.15) is 0 Å². The summed E-state index contributed by atoms with van der Waals surface area (Å²) in [7, 11) is 2.99. The quantitative estimate of drug-likeness (QED) is 0.630. The summed E-state index contributed by atoms with van der Waals surface area (Å²) in [5, 5.41) is 4.88. The second-order valence-corrected chi connectivity index (χ2v) is 6.31. The highest BCUT2D eigenvalue weighted by atomic mass is 32.1. The highest BCUT2D eigenvalue weighted by Gasteiger charge is 2.10. The standard InChI is InChI=1S/C20H17FN2O3S/c1-25-17-6-4-3-5-13(17)8-10-19(24)23-20-22-16(12-27-20)14-7-9-18(26-2)15(21)11-14/h3-12H,1-2H3,(H,22,23,24)/b10-8+. The first-order chi connectivity index (χ1) is 13.1. The highest BCUT2D eigenvalue weighted by Crippen LogP contribution is 2.28. The zero-order valence-corrected chi connectivity index (χ0v) is 15.5. The minimum Gasteiger partial charge on any atom is -0.496 e. The van der Waals surface area contributed by atoms with Gasteiger partial charge in [-0.3, -0.25) is 10.1 Å². The van der Waals surface area contributed by atoms with Crippen LogP contribution in [0.4, 0.5) is 9.52 Å². The topological polar surface area (TPSA) is 60.5 Å². The van der Waals surface area contributed by atoms with Crippen LogP contribution in [0.2, 0.25) is 0 Å². The van der Waals surface area contributed by atoms with Crippen LogP contribution < -0.4 is 14.8 Å². The van der Waals surface area contributed by atoms with E-state index < -0.39 is 5.82 Å². The normalized spacial score (nSPS) is 10.8. The zero-order valence-electron chi connectivity index (χ0n) is 14.7. The second-order valence-electron chi connectivity index (χ2n) is 5.45. The molecule has 2 aromatic carbocycles. The van der Waals surface area contributed by atoms with E-state index in [0.717, 1.165) is 5.56 Å². The molecule has 0 aliphatic heterocycles. The number of amides is 1. The average Bonchev–Trinajstić information content (AvgIpc) is 3.15. The summed E-state index contributed by atoms with van der Waals surface area (Å²) in [6.45, 7) is 0. The van der Waals surface area contributed by atoms with E-state index in [1.54, 1.807) is 24.6 Å². The summed E-state index contributed by atoms with van der Waals surface area (Å²) in [5.41, 5.74) is 1.98. The SMILES string of the molecule is COc1ccc(-c2csc(NC(=O)/C=C/c3ccccc3OC)n2)cc1F. The van der Waals surface area contributed by atoms with Crippen molar-refractivity contribution in [3.05, 3.63) is 65.3 Å². The van der Waals surface area contributed by atoms with Gasteiger partial charge in [0.25, 0.3) is 0 Å². The van der Waals surface area contributed by atoms with Crippen molar-refractivity contribution in [2.75, 3.05) is 19.5 Å². The molecule has 5 nitrogen and oxygen atoms in total. The Morgan fingerprint density at radius 1 is 1.15 bits per heavy atom. The van der Waals surface area contributed by atoms with Crippen LogP contribution in [0.1, 0.15) is 5.56 Å². The van der Waals surface area contributed by atoms with Crippen LogP contribution >= 0.6 is 11.3 Å². The molecule has 7 heteroatoms. The summed E-state index contributed by atoms with van der Waals surface area (Å²) in [4.78, 5) is 16.4. The molecule has 0 aliphatic carbocycles. The molecule has 0 unspecified atom stereocenters. The number of para-hydroxylation sites is 1. The van der Waals surface area contributed by atoms with Gasteiger partial charge in [-0.15, -0.1) is 11.3 Å². The Morgan fingerprint density at radius 3 is 2.67 bits per heavy atom. The summed E-state index contributed by atoms with van der Waals surface area (Å²) in [6.07, 6.45) is 3.08. The first kappa shape index (κ1) is 18.6. The number of methoxy groups -OCH3 is 2. The molecule has 0 saturated carbocycles. The molecule has 0 saturated heterocycles. The van der Waals surface area contributed by atoms with Gasteiger partial charge < -0.3 is 9.47 Å². The molecule has 0 fully saturated rings. The number of halogens is 1. The Morgan fingerprint density at radius 2 is 1.93 bits per heavy atom. The van der Waals surface area contributed by atoms with Crippen LogP contribution in [0, 0.1) is 5.82 Å². The fourth-order valence-electron chi connectivity index (χ4n) is 2.41. The molecule has 0 atom stereocenters. The lowest BCUT2D eigenvalue weighted by Gasteiger charge is -2.03. The second kappa shape index (κ2) is 8.46. The van der Waals surface area contributed by atoms with Crippen molar-refractivity contribution in [3.63, 3.8) is 0 Å². The van der Waals surface area contributed by atoms with Crippen LogP contribution in [-0.4, -0.2) is 25.1 Å². The number of nitrogens with one attached hydrogen (secondary N) is 1. The molecule has 3 rings (SSSR count). The Balaban J connectivity index is 1.69. The first-order valence-electron chi connectivity index (χ1n) is 8.02. The number of hydrogen-bond donors (Lipinski definition) is 1. The third kappa shape index (κ3) is 4.51. The van der Waals surface area contributed by atoms with Crippen molar-refractivity contribution in [2.45, 2.75) is 0 Å². The molecule has 1 aromatic heterocycles. The van der Waals surface area contributed by atoms with E-state index in [0.29, 0.717) is 22.1 Å². The Bertz CT molecular complexity index is 985. The molecule has 138 valence electrons. The van der Waals surface area contributed by atoms with E-state index in [9.17, 15) is 9.18 Å². The monoisotopic (exact) mass is 384 g/mol. The zero-order chi connectivity index (χ0) is 19.2. The lowest BCUT2D eigenvalue weighted by Crippen LogP contribution is -2.07. The molecular formula is C20H17FN2O3S. The van der Waals surface area contributed by atoms with E-state index in [4.69, 9.17) is 9.47 Å². The van der Waals surface area contributed by atoms with Crippen molar-refractivity contribution < 1.29 is 18.7 Å². The maximum Gasteiger partial charge on any atom is 0.250 e. The fourth-order valence-corrected chi connectivity index (χ4v) is 3.13. The average molecular weight is 384 g/mol. The highest BCUT2D eigenvalue weighted by molar-refractivity contribution is 7.14. The number of carbonyl (C=O) groups is 1. The summed E-state index contributed by atoms with van der Waals surface area (Å²) < 4.78 is 24.0. The fraction of sp³-hybridized carbons (Fsp3) is 0.100. The minimum absolute atomic E-state index is 0.170. The Hall–Kier alpha value is -3.19. The van der Waals surface area contributed by atoms with Gasteiger partial charge in [0.15, 0.2) is 16.7 Å². The van der Waals surface area contributed by atoms with Crippen LogP contribution in [0.15, 0.2) is 53.9 Å². The molecule has 0 bridgehead atoms. The number of nitrogens with zero attached hydrogens (tertiary/aromatic N) is 1. The van der Waals surface area contributed by atoms with Crippen molar-refractivity contribution in [3.8, 4) is 22.8 Å². The molecule has 1 heterocycles. The lowest BCUT2D eigenvalue weighted by atomic mass is 10.1. The Kier molecular flexibility index (Phi) is 5.83. The smallest absolute Gasteiger partial charge is 0.250 e. The molecular weight excluding hydrogens is 367 g/mol. The van der Waals surface area contributed by atoms with Gasteiger partial charge in [-0.1, -0.05) is 18.2 Å². The van der Waals surface area contributed by atoms with Gasteiger partial charge in [0, 0.05) is 22.6 Å². The molecule has 1 amide bonds. The number of thiazole rings is 1. The first-order valence-corrected chi connectivity index (χ1v) is 8.90. The predicted molar refractivity (Wildman–Crippen MR) is 105 cm³/mol. The maximum absolute atomic E-state index is 13.8. The molecule has 0 spiro atoms. The van der Waals surface area contributed by atoms with Crippen molar-refractivity contribution in [1.82, 2.24) is 4.98 Å². The van der Waals surface area contributed by atoms with E-state index in [2.05, 4.69) is 10.3 Å². The van der Waals surface area contributed by atoms with E-state index in [-0.39, 0.29) is 11.7 Å². The largest absolute Gasteiger partial charge is 0.496 e. The van der Waals surface area contributed by atoms with Crippen LogP contribution in [0.3, 0.4) is 0 Å². The number of hydrogen-bond acceptors (Lipinski definition) is 5. The van der Waals surface area contributed by atoms with Gasteiger partial charge >= 0.3 is 0 Å². The van der Waals surface area contributed by atoms with Crippen molar-refractivity contribution in [1.29, 1.82) is 0 Å². The minimum atomic E-state index is -0.465. The summed E-state index contributed by atoms with van der Waals surface area (Å²) in [5.74, 6) is 0.0691. The Labute approximate surface area is 160 Å². The van der Waals surface area contributed by atoms with E-state index in [1.165, 1.54) is 36.7 Å². The molecule has 27 heavy (non-hydrogen) atoms. The summed E-state index contributed by atoms with van der Waals surface area (Å²) >= 11 is 1.26. The number of carbonyl (C=O) groups excluding carboxylic acids is 1. The third-order valence-electron chi connectivity index (χ3n) is 3.74. The van der Waals surface area contributed by atoms with Gasteiger partial charge in [0.2, 0.25) is 5.91 Å². The molecule has 0 radical (unpaired) electrons. The number of anilines is 1. The number of aromatic nitrogens is 1. The van der Waals surface area contributed by atoms with Gasteiger partial charge in [-0.25, -0.2) is 9.37 Å². The summed E-state index contributed by atoms with van der Waals surface area (Å²) in [6, 6.07) is 12.0. The van der Waals surface area contributed by atoms with Gasteiger partial charge in [-0.05, 0) is 30.3 Å². The number of benzene rings is 2. The van der Waals surface area contributed by atoms with Crippen molar-refractivity contribution >= 4 is 28.5 Å². The van der Waals surface area contributed by atoms with Gasteiger partial charge in [0.1, 0.15) is 5.75 Å². The predicted octanol–water partition coefficient (Wildman–Crippen LogP) is 4.62. The molecule has 0 aliphatic rings. The number of ether oxygens (including phenoxy) is 2. The van der Waals surface area contributed by atoms with E-state index in [1.807, 2.05) is 24.3 Å². The van der Waals surface area contributed by atoms with Crippen LogP contribution in [-0.2, 0) is 4.79 Å². The van der Waals surface area contributed by atoms with Gasteiger partial charge in [0.05, 0.1) is 19.9 Å². The van der Waals surface area contributed by atoms with E-state index >= 15 is 0 Å². The third-order valence-corrected chi connectivity index (χ3v) is 4.49. The lowest BCUT2D eigenvalue weighted by molar-refractivity contribution is -0.111. The number of rotatable bonds is 6. The maximum atomic E-state index is 13.8. The van der Waals surface area contributed by atoms with Crippen LogP contribution in [0.25, 0.3) is 17.3 Å². The molecule has 1 N–H and O–H groups in total. The van der Waals surface area contributed by atoms with Crippen LogP contribution in [0.5, 0.6) is 11.5 Å². The van der Waals surface area contributed by atoms with Crippen molar-refractivity contribution in [2.24, 2.45) is 0 Å². The molecule has 3 aromatic rings.